The molecule has 0 radical (unpaired) electrons. The van der Waals surface area contributed by atoms with Gasteiger partial charge in [-0.05, 0) is 48.1 Å². The first-order valence-electron chi connectivity index (χ1n) is 8.51. The maximum atomic E-state index is 12.3. The minimum absolute atomic E-state index is 0.203. The van der Waals surface area contributed by atoms with E-state index in [9.17, 15) is 4.79 Å². The Labute approximate surface area is 156 Å². The van der Waals surface area contributed by atoms with Gasteiger partial charge in [0.25, 0.3) is 0 Å². The molecule has 0 fully saturated rings. The van der Waals surface area contributed by atoms with Crippen LogP contribution in [0.1, 0.15) is 45.4 Å². The summed E-state index contributed by atoms with van der Waals surface area (Å²) in [4.78, 5) is 12.3. The Balaban J connectivity index is 1.89. The maximum absolute atomic E-state index is 12.3. The van der Waals surface area contributed by atoms with Crippen molar-refractivity contribution in [2.75, 3.05) is 12.4 Å². The third-order valence-corrected chi connectivity index (χ3v) is 6.10. The number of nitrogens with one attached hydrogen (secondary N) is 1. The van der Waals surface area contributed by atoms with E-state index >= 15 is 0 Å². The van der Waals surface area contributed by atoms with Crippen molar-refractivity contribution in [1.29, 1.82) is 0 Å². The lowest BCUT2D eigenvalue weighted by atomic mass is 9.75. The number of methoxy groups -OCH3 is 1. The molecule has 1 heterocycles. The summed E-state index contributed by atoms with van der Waals surface area (Å²) in [6.07, 6.45) is 5.48. The lowest BCUT2D eigenvalue weighted by Crippen LogP contribution is -2.31. The van der Waals surface area contributed by atoms with E-state index in [1.165, 1.54) is 12.7 Å². The molecule has 2 aromatic carbocycles. The van der Waals surface area contributed by atoms with Crippen molar-refractivity contribution >= 4 is 27.6 Å². The molecule has 3 nitrogen and oxygen atoms in total. The zero-order valence-corrected chi connectivity index (χ0v) is 15.8. The van der Waals surface area contributed by atoms with Crippen molar-refractivity contribution in [2.24, 2.45) is 5.92 Å². The molecule has 0 bridgehead atoms. The molecule has 2 aromatic rings. The molecule has 0 amide bonds. The zero-order valence-electron chi connectivity index (χ0n) is 14.3. The van der Waals surface area contributed by atoms with Crippen molar-refractivity contribution in [3.05, 3.63) is 75.3 Å². The van der Waals surface area contributed by atoms with Gasteiger partial charge in [-0.1, -0.05) is 52.3 Å². The molecule has 0 aromatic heterocycles. The summed E-state index contributed by atoms with van der Waals surface area (Å²) < 4.78 is 6.14. The highest BCUT2D eigenvalue weighted by Gasteiger charge is 2.41. The van der Waals surface area contributed by atoms with Crippen LogP contribution in [-0.4, -0.2) is 13.1 Å². The van der Waals surface area contributed by atoms with Crippen molar-refractivity contribution in [2.45, 2.75) is 25.3 Å². The molecule has 1 N–H and O–H groups in total. The van der Waals surface area contributed by atoms with E-state index < -0.39 is 0 Å². The van der Waals surface area contributed by atoms with Crippen LogP contribution in [0.3, 0.4) is 0 Å². The van der Waals surface area contributed by atoms with Crippen molar-refractivity contribution in [3.63, 3.8) is 0 Å². The fraction of sp³-hybridized carbons (Fsp3) is 0.286. The van der Waals surface area contributed by atoms with Gasteiger partial charge >= 0.3 is 5.97 Å². The first-order valence-corrected chi connectivity index (χ1v) is 9.30. The number of anilines is 1. The van der Waals surface area contributed by atoms with Crippen LogP contribution in [0.4, 0.5) is 5.69 Å². The third kappa shape index (κ3) is 2.60. The van der Waals surface area contributed by atoms with Gasteiger partial charge in [-0.2, -0.15) is 0 Å². The van der Waals surface area contributed by atoms with Gasteiger partial charge in [0.15, 0.2) is 0 Å². The van der Waals surface area contributed by atoms with Crippen LogP contribution < -0.4 is 5.32 Å². The van der Waals surface area contributed by atoms with Crippen molar-refractivity contribution in [1.82, 2.24) is 0 Å². The molecule has 1 aliphatic carbocycles. The summed E-state index contributed by atoms with van der Waals surface area (Å²) in [6, 6.07) is 12.5. The summed E-state index contributed by atoms with van der Waals surface area (Å²) in [5.41, 5.74) is 5.22. The number of fused-ring (bicyclic) bond motifs is 3. The molecular weight excluding hydrogens is 378 g/mol. The molecule has 0 saturated heterocycles. The molecule has 0 unspecified atom stereocenters. The number of hydrogen-bond acceptors (Lipinski definition) is 3. The van der Waals surface area contributed by atoms with Gasteiger partial charge in [0.05, 0.1) is 18.7 Å². The van der Waals surface area contributed by atoms with Crippen LogP contribution in [0.5, 0.6) is 0 Å². The fourth-order valence-corrected chi connectivity index (χ4v) is 4.71. The number of carbonyl (C=O) groups excluding carboxylic acids is 1. The maximum Gasteiger partial charge on any atom is 0.338 e. The molecule has 0 spiro atoms. The molecule has 4 rings (SSSR count). The van der Waals surface area contributed by atoms with E-state index in [0.29, 0.717) is 11.5 Å². The van der Waals surface area contributed by atoms with Gasteiger partial charge in [0.1, 0.15) is 0 Å². The number of aryl methyl sites for hydroxylation is 1. The highest BCUT2D eigenvalue weighted by molar-refractivity contribution is 9.10. The highest BCUT2D eigenvalue weighted by atomic mass is 79.9. The van der Waals surface area contributed by atoms with Gasteiger partial charge in [-0.15, -0.1) is 0 Å². The van der Waals surface area contributed by atoms with Crippen LogP contribution in [0.25, 0.3) is 0 Å². The zero-order chi connectivity index (χ0) is 17.6. The molecule has 0 saturated carbocycles. The third-order valence-electron chi connectivity index (χ3n) is 5.37. The Morgan fingerprint density at radius 3 is 2.80 bits per heavy atom. The summed E-state index contributed by atoms with van der Waals surface area (Å²) in [5, 5.41) is 3.74. The van der Waals surface area contributed by atoms with Crippen LogP contribution in [-0.2, 0) is 4.74 Å². The topological polar surface area (TPSA) is 38.3 Å². The SMILES string of the molecule is COC(=O)c1ccc(C)c2c1[C@H]1C=CC[C@H]1[C@@H](c1ccccc1Br)N2. The van der Waals surface area contributed by atoms with Crippen molar-refractivity contribution in [3.8, 4) is 0 Å². The number of benzene rings is 2. The predicted molar refractivity (Wildman–Crippen MR) is 103 cm³/mol. The summed E-state index contributed by atoms with van der Waals surface area (Å²) >= 11 is 3.70. The number of rotatable bonds is 2. The van der Waals surface area contributed by atoms with Gasteiger partial charge in [0.2, 0.25) is 0 Å². The lowest BCUT2D eigenvalue weighted by Gasteiger charge is -2.39. The normalized spacial score (nSPS) is 23.6. The van der Waals surface area contributed by atoms with Crippen LogP contribution in [0.2, 0.25) is 0 Å². The second-order valence-electron chi connectivity index (χ2n) is 6.71. The Hall–Kier alpha value is -2.07. The molecule has 25 heavy (non-hydrogen) atoms. The predicted octanol–water partition coefficient (Wildman–Crippen LogP) is 5.37. The monoisotopic (exact) mass is 397 g/mol. The van der Waals surface area contributed by atoms with Crippen LogP contribution in [0.15, 0.2) is 53.0 Å². The molecule has 1 aliphatic heterocycles. The molecule has 2 aliphatic rings. The van der Waals surface area contributed by atoms with Gasteiger partial charge in [0, 0.05) is 16.1 Å². The average molecular weight is 398 g/mol. The number of allylic oxidation sites excluding steroid dienone is 2. The fourth-order valence-electron chi connectivity index (χ4n) is 4.18. The summed E-state index contributed by atoms with van der Waals surface area (Å²) in [6.45, 7) is 2.09. The van der Waals surface area contributed by atoms with E-state index in [-0.39, 0.29) is 17.9 Å². The van der Waals surface area contributed by atoms with E-state index in [2.05, 4.69) is 58.5 Å². The molecular formula is C21H20BrNO2. The first kappa shape index (κ1) is 16.4. The first-order chi connectivity index (χ1) is 12.1. The van der Waals surface area contributed by atoms with Crippen molar-refractivity contribution < 1.29 is 9.53 Å². The number of carbonyl (C=O) groups is 1. The van der Waals surface area contributed by atoms with E-state index in [4.69, 9.17) is 4.74 Å². The van der Waals surface area contributed by atoms with E-state index in [0.717, 1.165) is 27.7 Å². The van der Waals surface area contributed by atoms with Gasteiger partial charge in [-0.3, -0.25) is 0 Å². The largest absolute Gasteiger partial charge is 0.465 e. The summed E-state index contributed by atoms with van der Waals surface area (Å²) in [7, 11) is 1.44. The number of ether oxygens (including phenoxy) is 1. The Bertz CT molecular complexity index is 874. The second-order valence-corrected chi connectivity index (χ2v) is 7.56. The van der Waals surface area contributed by atoms with Crippen LogP contribution in [0, 0.1) is 12.8 Å². The average Bonchev–Trinajstić information content (AvgIpc) is 3.11. The molecule has 128 valence electrons. The standard InChI is InChI=1S/C21H20BrNO2/c1-12-10-11-16(21(24)25-2)18-13-7-5-8-14(13)20(23-19(12)18)15-6-3-4-9-17(15)22/h3-7,9-11,13-14,20,23H,8H2,1-2H3/t13-,14+,20-/m0/s1. The molecule has 4 heteroatoms. The highest BCUT2D eigenvalue weighted by Crippen LogP contribution is 2.52. The van der Waals surface area contributed by atoms with Gasteiger partial charge < -0.3 is 10.1 Å². The Morgan fingerprint density at radius 1 is 1.24 bits per heavy atom. The molecule has 3 atom stereocenters. The van der Waals surface area contributed by atoms with E-state index in [1.807, 2.05) is 18.2 Å². The van der Waals surface area contributed by atoms with Gasteiger partial charge in [-0.25, -0.2) is 4.79 Å². The number of hydrogen-bond donors (Lipinski definition) is 1. The number of halogens is 1. The van der Waals surface area contributed by atoms with E-state index in [1.54, 1.807) is 0 Å². The smallest absolute Gasteiger partial charge is 0.338 e. The minimum atomic E-state index is -0.267. The quantitative estimate of drug-likeness (QED) is 0.546. The number of esters is 1. The van der Waals surface area contributed by atoms with Crippen LogP contribution >= 0.6 is 15.9 Å². The minimum Gasteiger partial charge on any atom is -0.465 e. The lowest BCUT2D eigenvalue weighted by molar-refractivity contribution is 0.0598. The second kappa shape index (κ2) is 6.34. The Morgan fingerprint density at radius 2 is 2.04 bits per heavy atom. The Kier molecular flexibility index (Phi) is 4.16. The summed E-state index contributed by atoms with van der Waals surface area (Å²) in [5.74, 6) is 0.343.